The zero-order chi connectivity index (χ0) is 15.4. The van der Waals surface area contributed by atoms with Gasteiger partial charge in [0.25, 0.3) is 0 Å². The standard InChI is InChI=1S/C18H24BrN3/c1-2-18-20-9-12-22(18)14-16-7-10-21(11-8-16)13-15-3-5-17(19)6-4-15/h3-6,9,12,16H,2,7-8,10-11,13-14H2,1H3. The van der Waals surface area contributed by atoms with Crippen LogP contribution < -0.4 is 0 Å². The minimum atomic E-state index is 0.792. The lowest BCUT2D eigenvalue weighted by Crippen LogP contribution is -2.34. The molecule has 0 unspecified atom stereocenters. The number of aromatic nitrogens is 2. The van der Waals surface area contributed by atoms with Gasteiger partial charge in [-0.3, -0.25) is 4.90 Å². The number of piperidine rings is 1. The molecule has 0 N–H and O–H groups in total. The molecule has 4 heteroatoms. The molecule has 0 amide bonds. The highest BCUT2D eigenvalue weighted by Crippen LogP contribution is 2.22. The Labute approximate surface area is 141 Å². The van der Waals surface area contributed by atoms with Crippen LogP contribution in [0.5, 0.6) is 0 Å². The van der Waals surface area contributed by atoms with Gasteiger partial charge >= 0.3 is 0 Å². The lowest BCUT2D eigenvalue weighted by atomic mass is 9.96. The van der Waals surface area contributed by atoms with Crippen molar-refractivity contribution in [3.05, 3.63) is 52.5 Å². The van der Waals surface area contributed by atoms with Gasteiger partial charge in [0.2, 0.25) is 0 Å². The maximum absolute atomic E-state index is 4.43. The van der Waals surface area contributed by atoms with Crippen LogP contribution >= 0.6 is 15.9 Å². The quantitative estimate of drug-likeness (QED) is 0.798. The second-order valence-electron chi connectivity index (χ2n) is 6.20. The van der Waals surface area contributed by atoms with E-state index in [4.69, 9.17) is 0 Å². The van der Waals surface area contributed by atoms with Crippen molar-refractivity contribution in [2.24, 2.45) is 5.92 Å². The Morgan fingerprint density at radius 2 is 1.91 bits per heavy atom. The first-order valence-electron chi connectivity index (χ1n) is 8.21. The lowest BCUT2D eigenvalue weighted by molar-refractivity contribution is 0.166. The fourth-order valence-corrected chi connectivity index (χ4v) is 3.54. The summed E-state index contributed by atoms with van der Waals surface area (Å²) in [5.41, 5.74) is 1.41. The smallest absolute Gasteiger partial charge is 0.108 e. The summed E-state index contributed by atoms with van der Waals surface area (Å²) >= 11 is 3.50. The second-order valence-corrected chi connectivity index (χ2v) is 7.11. The van der Waals surface area contributed by atoms with Crippen LogP contribution in [0.3, 0.4) is 0 Å². The zero-order valence-electron chi connectivity index (χ0n) is 13.2. The molecule has 22 heavy (non-hydrogen) atoms. The van der Waals surface area contributed by atoms with E-state index in [0.29, 0.717) is 0 Å². The molecular weight excluding hydrogens is 338 g/mol. The lowest BCUT2D eigenvalue weighted by Gasteiger charge is -2.32. The van der Waals surface area contributed by atoms with Crippen LogP contribution in [0.1, 0.15) is 31.2 Å². The first-order chi connectivity index (χ1) is 10.7. The number of likely N-dealkylation sites (tertiary alicyclic amines) is 1. The SMILES string of the molecule is CCc1nccn1CC1CCN(Cc2ccc(Br)cc2)CC1. The number of aryl methyl sites for hydroxylation is 1. The van der Waals surface area contributed by atoms with E-state index >= 15 is 0 Å². The third kappa shape index (κ3) is 3.99. The predicted octanol–water partition coefficient (Wildman–Crippen LogP) is 4.12. The first kappa shape index (κ1) is 15.8. The Balaban J connectivity index is 1.49. The van der Waals surface area contributed by atoms with Crippen LogP contribution in [0.25, 0.3) is 0 Å². The van der Waals surface area contributed by atoms with E-state index in [-0.39, 0.29) is 0 Å². The molecule has 3 nitrogen and oxygen atoms in total. The highest BCUT2D eigenvalue weighted by Gasteiger charge is 2.20. The number of nitrogens with zero attached hydrogens (tertiary/aromatic N) is 3. The predicted molar refractivity (Wildman–Crippen MR) is 93.7 cm³/mol. The van der Waals surface area contributed by atoms with Crippen molar-refractivity contribution in [2.45, 2.75) is 39.3 Å². The Morgan fingerprint density at radius 3 is 2.59 bits per heavy atom. The molecule has 2 heterocycles. The van der Waals surface area contributed by atoms with Crippen LogP contribution in [0, 0.1) is 5.92 Å². The van der Waals surface area contributed by atoms with Gasteiger partial charge in [0, 0.05) is 36.4 Å². The summed E-state index contributed by atoms with van der Waals surface area (Å²) in [6.45, 7) is 6.80. The van der Waals surface area contributed by atoms with E-state index < -0.39 is 0 Å². The molecule has 118 valence electrons. The topological polar surface area (TPSA) is 21.1 Å². The van der Waals surface area contributed by atoms with Gasteiger partial charge in [-0.25, -0.2) is 4.98 Å². The molecule has 1 aromatic heterocycles. The Kier molecular flexibility index (Phi) is 5.32. The molecule has 0 spiro atoms. The number of hydrogen-bond donors (Lipinski definition) is 0. The van der Waals surface area contributed by atoms with Crippen molar-refractivity contribution in [1.82, 2.24) is 14.5 Å². The van der Waals surface area contributed by atoms with E-state index in [0.717, 1.165) is 29.9 Å². The van der Waals surface area contributed by atoms with E-state index in [1.54, 1.807) is 0 Å². The van der Waals surface area contributed by atoms with Gasteiger partial charge in [-0.05, 0) is 49.5 Å². The highest BCUT2D eigenvalue weighted by molar-refractivity contribution is 9.10. The Hall–Kier alpha value is -1.13. The van der Waals surface area contributed by atoms with Gasteiger partial charge in [-0.1, -0.05) is 35.0 Å². The molecule has 1 aromatic carbocycles. The Bertz CT molecular complexity index is 583. The van der Waals surface area contributed by atoms with Crippen LogP contribution in [-0.4, -0.2) is 27.5 Å². The average molecular weight is 362 g/mol. The van der Waals surface area contributed by atoms with Gasteiger partial charge in [-0.2, -0.15) is 0 Å². The molecule has 0 bridgehead atoms. The van der Waals surface area contributed by atoms with Crippen LogP contribution in [0.2, 0.25) is 0 Å². The van der Waals surface area contributed by atoms with Crippen molar-refractivity contribution < 1.29 is 0 Å². The van der Waals surface area contributed by atoms with Crippen LogP contribution in [-0.2, 0) is 19.5 Å². The molecule has 0 saturated carbocycles. The molecular formula is C18H24BrN3. The van der Waals surface area contributed by atoms with E-state index in [1.165, 1.54) is 37.3 Å². The number of rotatable bonds is 5. The van der Waals surface area contributed by atoms with Crippen molar-refractivity contribution in [1.29, 1.82) is 0 Å². The summed E-state index contributed by atoms with van der Waals surface area (Å²) in [7, 11) is 0. The van der Waals surface area contributed by atoms with Gasteiger partial charge in [0.1, 0.15) is 5.82 Å². The summed E-state index contributed by atoms with van der Waals surface area (Å²) in [5.74, 6) is 2.01. The van der Waals surface area contributed by atoms with E-state index in [2.05, 4.69) is 67.8 Å². The molecule has 1 aliphatic rings. The minimum Gasteiger partial charge on any atom is -0.335 e. The van der Waals surface area contributed by atoms with Gasteiger partial charge in [-0.15, -0.1) is 0 Å². The van der Waals surface area contributed by atoms with Crippen molar-refractivity contribution in [3.8, 4) is 0 Å². The molecule has 0 atom stereocenters. The molecule has 2 aromatic rings. The average Bonchev–Trinajstić information content (AvgIpc) is 2.99. The molecule has 1 saturated heterocycles. The van der Waals surface area contributed by atoms with Crippen LogP contribution in [0.4, 0.5) is 0 Å². The van der Waals surface area contributed by atoms with Gasteiger partial charge in [0.15, 0.2) is 0 Å². The molecule has 1 aliphatic heterocycles. The third-order valence-corrected chi connectivity index (χ3v) is 5.13. The zero-order valence-corrected chi connectivity index (χ0v) is 14.8. The Morgan fingerprint density at radius 1 is 1.18 bits per heavy atom. The minimum absolute atomic E-state index is 0.792. The fraction of sp³-hybridized carbons (Fsp3) is 0.500. The maximum Gasteiger partial charge on any atom is 0.108 e. The number of imidazole rings is 1. The molecule has 1 fully saturated rings. The first-order valence-corrected chi connectivity index (χ1v) is 9.00. The highest BCUT2D eigenvalue weighted by atomic mass is 79.9. The third-order valence-electron chi connectivity index (χ3n) is 4.60. The normalized spacial score (nSPS) is 17.0. The van der Waals surface area contributed by atoms with Gasteiger partial charge < -0.3 is 4.57 Å². The monoisotopic (exact) mass is 361 g/mol. The second kappa shape index (κ2) is 7.42. The number of hydrogen-bond acceptors (Lipinski definition) is 2. The molecule has 0 radical (unpaired) electrons. The molecule has 3 rings (SSSR count). The molecule has 0 aliphatic carbocycles. The summed E-state index contributed by atoms with van der Waals surface area (Å²) in [5, 5.41) is 0. The van der Waals surface area contributed by atoms with Crippen molar-refractivity contribution in [2.75, 3.05) is 13.1 Å². The summed E-state index contributed by atoms with van der Waals surface area (Å²) in [6.07, 6.45) is 7.67. The van der Waals surface area contributed by atoms with E-state index in [9.17, 15) is 0 Å². The summed E-state index contributed by atoms with van der Waals surface area (Å²) in [6, 6.07) is 8.70. The van der Waals surface area contributed by atoms with Crippen molar-refractivity contribution >= 4 is 15.9 Å². The van der Waals surface area contributed by atoms with E-state index in [1.807, 2.05) is 6.20 Å². The largest absolute Gasteiger partial charge is 0.335 e. The van der Waals surface area contributed by atoms with Crippen LogP contribution in [0.15, 0.2) is 41.1 Å². The summed E-state index contributed by atoms with van der Waals surface area (Å²) < 4.78 is 3.50. The number of halogens is 1. The van der Waals surface area contributed by atoms with Crippen molar-refractivity contribution in [3.63, 3.8) is 0 Å². The number of benzene rings is 1. The van der Waals surface area contributed by atoms with Gasteiger partial charge in [0.05, 0.1) is 0 Å². The fourth-order valence-electron chi connectivity index (χ4n) is 3.27. The summed E-state index contributed by atoms with van der Waals surface area (Å²) in [4.78, 5) is 7.00. The maximum atomic E-state index is 4.43.